The number of hydrogen-bond acceptors (Lipinski definition) is 6. The van der Waals surface area contributed by atoms with E-state index in [1.165, 1.54) is 12.8 Å². The van der Waals surface area contributed by atoms with E-state index in [2.05, 4.69) is 30.6 Å². The third kappa shape index (κ3) is 2.68. The Kier molecular flexibility index (Phi) is 3.45. The Bertz CT molecular complexity index is 594. The van der Waals surface area contributed by atoms with E-state index < -0.39 is 0 Å². The van der Waals surface area contributed by atoms with E-state index in [9.17, 15) is 0 Å². The highest BCUT2D eigenvalue weighted by Gasteiger charge is 2.28. The van der Waals surface area contributed by atoms with E-state index in [1.807, 2.05) is 20.0 Å². The van der Waals surface area contributed by atoms with Gasteiger partial charge in [0.05, 0.1) is 12.2 Å². The highest BCUT2D eigenvalue weighted by atomic mass is 15.1. The molecule has 104 valence electrons. The monoisotopic (exact) mass is 270 g/mol. The number of nitrogens with one attached hydrogen (secondary N) is 2. The van der Waals surface area contributed by atoms with Crippen molar-refractivity contribution in [1.29, 1.82) is 0 Å². The maximum Gasteiger partial charge on any atom is 0.136 e. The van der Waals surface area contributed by atoms with Crippen molar-refractivity contribution in [2.24, 2.45) is 0 Å². The molecule has 1 aliphatic rings. The van der Waals surface area contributed by atoms with Gasteiger partial charge in [-0.1, -0.05) is 0 Å². The molecule has 2 aromatic heterocycles. The van der Waals surface area contributed by atoms with Gasteiger partial charge in [-0.15, -0.1) is 0 Å². The second kappa shape index (κ2) is 5.40. The average Bonchev–Trinajstić information content (AvgIpc) is 3.32. The van der Waals surface area contributed by atoms with Gasteiger partial charge in [0.15, 0.2) is 0 Å². The zero-order chi connectivity index (χ0) is 13.9. The summed E-state index contributed by atoms with van der Waals surface area (Å²) in [6, 6.07) is 1.89. The second-order valence-electron chi connectivity index (χ2n) is 4.98. The molecule has 0 saturated heterocycles. The summed E-state index contributed by atoms with van der Waals surface area (Å²) < 4.78 is 0. The summed E-state index contributed by atoms with van der Waals surface area (Å²) in [4.78, 5) is 17.4. The minimum absolute atomic E-state index is 0.530. The van der Waals surface area contributed by atoms with Crippen molar-refractivity contribution in [3.63, 3.8) is 0 Å². The van der Waals surface area contributed by atoms with Crippen LogP contribution in [0.3, 0.4) is 0 Å². The number of aromatic nitrogens is 4. The number of rotatable bonds is 5. The molecule has 0 aromatic carbocycles. The molecular weight excluding hydrogens is 252 g/mol. The molecule has 2 heterocycles. The number of anilines is 2. The molecule has 1 fully saturated rings. The molecule has 0 atom stereocenters. The number of nitrogens with zero attached hydrogens (tertiary/aromatic N) is 4. The normalized spacial score (nSPS) is 14.1. The van der Waals surface area contributed by atoms with Crippen LogP contribution in [0.5, 0.6) is 0 Å². The summed E-state index contributed by atoms with van der Waals surface area (Å²) in [5.74, 6) is 3.24. The van der Waals surface area contributed by atoms with Crippen LogP contribution in [0.4, 0.5) is 11.6 Å². The standard InChI is InChI=1S/C14H18N6/c1-9-12(15-2)19-14(10-3-4-10)20-13(9)17-7-11-5-6-16-8-18-11/h5-6,8,10H,3-4,7H2,1-2H3,(H2,15,17,19,20). The molecule has 2 N–H and O–H groups in total. The van der Waals surface area contributed by atoms with Gasteiger partial charge in [0.2, 0.25) is 0 Å². The van der Waals surface area contributed by atoms with E-state index in [1.54, 1.807) is 12.5 Å². The van der Waals surface area contributed by atoms with Crippen molar-refractivity contribution in [2.75, 3.05) is 17.7 Å². The summed E-state index contributed by atoms with van der Waals surface area (Å²) in [6.45, 7) is 2.65. The van der Waals surface area contributed by atoms with Gasteiger partial charge in [0.1, 0.15) is 23.8 Å². The maximum absolute atomic E-state index is 4.65. The molecule has 20 heavy (non-hydrogen) atoms. The van der Waals surface area contributed by atoms with Crippen molar-refractivity contribution < 1.29 is 0 Å². The molecule has 0 bridgehead atoms. The zero-order valence-corrected chi connectivity index (χ0v) is 11.7. The fourth-order valence-corrected chi connectivity index (χ4v) is 2.07. The highest BCUT2D eigenvalue weighted by Crippen LogP contribution is 2.39. The van der Waals surface area contributed by atoms with Crippen LogP contribution in [0.1, 0.15) is 35.8 Å². The maximum atomic E-state index is 4.65. The SMILES string of the molecule is CNc1nc(C2CC2)nc(NCc2ccncn2)c1C. The molecule has 0 amide bonds. The molecule has 6 heteroatoms. The lowest BCUT2D eigenvalue weighted by Gasteiger charge is -2.13. The Morgan fingerprint density at radius 1 is 1.25 bits per heavy atom. The van der Waals surface area contributed by atoms with Crippen LogP contribution in [0.2, 0.25) is 0 Å². The minimum atomic E-state index is 0.530. The zero-order valence-electron chi connectivity index (χ0n) is 11.7. The lowest BCUT2D eigenvalue weighted by atomic mass is 10.2. The van der Waals surface area contributed by atoms with Gasteiger partial charge in [-0.05, 0) is 25.8 Å². The fourth-order valence-electron chi connectivity index (χ4n) is 2.07. The van der Waals surface area contributed by atoms with Gasteiger partial charge in [0, 0.05) is 24.7 Å². The summed E-state index contributed by atoms with van der Waals surface area (Å²) >= 11 is 0. The minimum Gasteiger partial charge on any atom is -0.373 e. The van der Waals surface area contributed by atoms with Gasteiger partial charge in [-0.25, -0.2) is 19.9 Å². The molecule has 3 rings (SSSR count). The van der Waals surface area contributed by atoms with Crippen LogP contribution >= 0.6 is 0 Å². The topological polar surface area (TPSA) is 75.6 Å². The van der Waals surface area contributed by atoms with Crippen molar-refractivity contribution in [1.82, 2.24) is 19.9 Å². The average molecular weight is 270 g/mol. The lowest BCUT2D eigenvalue weighted by Crippen LogP contribution is -2.10. The van der Waals surface area contributed by atoms with E-state index in [4.69, 9.17) is 0 Å². The van der Waals surface area contributed by atoms with Crippen molar-refractivity contribution in [2.45, 2.75) is 32.2 Å². The molecule has 6 nitrogen and oxygen atoms in total. The van der Waals surface area contributed by atoms with Crippen LogP contribution < -0.4 is 10.6 Å². The lowest BCUT2D eigenvalue weighted by molar-refractivity contribution is 0.907. The molecule has 0 aliphatic heterocycles. The summed E-state index contributed by atoms with van der Waals surface area (Å²) in [5.41, 5.74) is 1.97. The van der Waals surface area contributed by atoms with E-state index in [-0.39, 0.29) is 0 Å². The van der Waals surface area contributed by atoms with Gasteiger partial charge in [-0.2, -0.15) is 0 Å². The molecule has 2 aromatic rings. The molecular formula is C14H18N6. The predicted molar refractivity (Wildman–Crippen MR) is 77.6 cm³/mol. The molecule has 0 radical (unpaired) electrons. The Labute approximate surface area is 118 Å². The first-order valence-electron chi connectivity index (χ1n) is 6.83. The van der Waals surface area contributed by atoms with Gasteiger partial charge in [0.25, 0.3) is 0 Å². The van der Waals surface area contributed by atoms with E-state index >= 15 is 0 Å². The van der Waals surface area contributed by atoms with Gasteiger partial charge >= 0.3 is 0 Å². The summed E-state index contributed by atoms with van der Waals surface area (Å²) in [7, 11) is 1.89. The quantitative estimate of drug-likeness (QED) is 0.866. The second-order valence-corrected chi connectivity index (χ2v) is 4.98. The molecule has 1 aliphatic carbocycles. The first-order valence-corrected chi connectivity index (χ1v) is 6.83. The Hall–Kier alpha value is -2.24. The van der Waals surface area contributed by atoms with Crippen LogP contribution in [-0.2, 0) is 6.54 Å². The first-order chi connectivity index (χ1) is 9.78. The number of hydrogen-bond donors (Lipinski definition) is 2. The van der Waals surface area contributed by atoms with Crippen LogP contribution in [0, 0.1) is 6.92 Å². The third-order valence-corrected chi connectivity index (χ3v) is 3.42. The predicted octanol–water partition coefficient (Wildman–Crippen LogP) is 2.11. The van der Waals surface area contributed by atoms with Gasteiger partial charge < -0.3 is 10.6 Å². The fraction of sp³-hybridized carbons (Fsp3) is 0.429. The van der Waals surface area contributed by atoms with Crippen molar-refractivity contribution >= 4 is 11.6 Å². The van der Waals surface area contributed by atoms with Crippen molar-refractivity contribution in [3.05, 3.63) is 35.7 Å². The largest absolute Gasteiger partial charge is 0.373 e. The molecule has 1 saturated carbocycles. The van der Waals surface area contributed by atoms with Crippen LogP contribution in [-0.4, -0.2) is 27.0 Å². The Balaban J connectivity index is 1.82. The first kappa shape index (κ1) is 12.8. The summed E-state index contributed by atoms with van der Waals surface area (Å²) in [5, 5.41) is 6.49. The molecule has 0 unspecified atom stereocenters. The van der Waals surface area contributed by atoms with Crippen LogP contribution in [0.15, 0.2) is 18.6 Å². The van der Waals surface area contributed by atoms with E-state index in [0.29, 0.717) is 12.5 Å². The Morgan fingerprint density at radius 2 is 2.05 bits per heavy atom. The summed E-state index contributed by atoms with van der Waals surface area (Å²) in [6.07, 6.45) is 5.68. The van der Waals surface area contributed by atoms with Gasteiger partial charge in [-0.3, -0.25) is 0 Å². The smallest absolute Gasteiger partial charge is 0.136 e. The highest BCUT2D eigenvalue weighted by molar-refractivity contribution is 5.57. The Morgan fingerprint density at radius 3 is 2.70 bits per heavy atom. The van der Waals surface area contributed by atoms with Crippen molar-refractivity contribution in [3.8, 4) is 0 Å². The van der Waals surface area contributed by atoms with Crippen LogP contribution in [0.25, 0.3) is 0 Å². The van der Waals surface area contributed by atoms with E-state index in [0.717, 1.165) is 28.7 Å². The third-order valence-electron chi connectivity index (χ3n) is 3.42. The molecule has 0 spiro atoms.